The van der Waals surface area contributed by atoms with E-state index in [-0.39, 0.29) is 10.6 Å². The second-order valence-corrected chi connectivity index (χ2v) is 7.66. The summed E-state index contributed by atoms with van der Waals surface area (Å²) in [5, 5.41) is 8.44. The zero-order valence-corrected chi connectivity index (χ0v) is 11.7. The first-order chi connectivity index (χ1) is 8.62. The lowest BCUT2D eigenvalue weighted by Crippen LogP contribution is -2.20. The number of hydrogen-bond acceptors (Lipinski definition) is 5. The minimum Gasteiger partial charge on any atom is -0.481 e. The van der Waals surface area contributed by atoms with E-state index in [0.29, 0.717) is 0 Å². The van der Waals surface area contributed by atoms with Crippen LogP contribution in [-0.4, -0.2) is 39.9 Å². The minimum atomic E-state index is -3.91. The number of hydrogen-bond donors (Lipinski definition) is 2. The second-order valence-electron chi connectivity index (χ2n) is 3.83. The largest absolute Gasteiger partial charge is 0.481 e. The molecule has 9 heteroatoms. The van der Waals surface area contributed by atoms with Crippen LogP contribution in [0.4, 0.5) is 5.69 Å². The third-order valence-electron chi connectivity index (χ3n) is 2.14. The molecule has 1 rings (SSSR count). The Morgan fingerprint density at radius 1 is 1.21 bits per heavy atom. The van der Waals surface area contributed by atoms with Gasteiger partial charge in [-0.15, -0.1) is 0 Å². The summed E-state index contributed by atoms with van der Waals surface area (Å²) in [5.74, 6) is -1.87. The van der Waals surface area contributed by atoms with Crippen molar-refractivity contribution in [3.05, 3.63) is 24.3 Å². The molecule has 0 bridgehead atoms. The van der Waals surface area contributed by atoms with Crippen LogP contribution < -0.4 is 4.72 Å². The first-order valence-electron chi connectivity index (χ1n) is 5.13. The van der Waals surface area contributed by atoms with Crippen molar-refractivity contribution in [2.75, 3.05) is 16.7 Å². The van der Waals surface area contributed by atoms with E-state index < -0.39 is 38.0 Å². The third-order valence-corrected chi connectivity index (χ3v) is 4.56. The molecule has 0 heterocycles. The van der Waals surface area contributed by atoms with Crippen LogP contribution in [0, 0.1) is 0 Å². The molecule has 106 valence electrons. The molecule has 0 saturated heterocycles. The average molecular weight is 307 g/mol. The van der Waals surface area contributed by atoms with Crippen LogP contribution >= 0.6 is 0 Å². The molecule has 2 N–H and O–H groups in total. The summed E-state index contributed by atoms with van der Waals surface area (Å²) in [5.41, 5.74) is -0.0876. The number of sulfone groups is 1. The molecular formula is C10H13NO6S2. The predicted octanol–water partition coefficient (Wildman–Crippen LogP) is 0.306. The molecule has 19 heavy (non-hydrogen) atoms. The number of para-hydroxylation sites is 1. The summed E-state index contributed by atoms with van der Waals surface area (Å²) in [6.07, 6.45) is 0.397. The summed E-state index contributed by atoms with van der Waals surface area (Å²) in [6.45, 7) is 0. The Morgan fingerprint density at radius 2 is 1.79 bits per heavy atom. The van der Waals surface area contributed by atoms with Crippen molar-refractivity contribution in [3.63, 3.8) is 0 Å². The zero-order valence-electron chi connectivity index (χ0n) is 10.0. The van der Waals surface area contributed by atoms with Gasteiger partial charge in [-0.2, -0.15) is 0 Å². The van der Waals surface area contributed by atoms with Gasteiger partial charge in [0.05, 0.1) is 22.8 Å². The lowest BCUT2D eigenvalue weighted by Gasteiger charge is -2.10. The summed E-state index contributed by atoms with van der Waals surface area (Å²) in [7, 11) is -7.49. The molecule has 7 nitrogen and oxygen atoms in total. The van der Waals surface area contributed by atoms with Gasteiger partial charge in [0.25, 0.3) is 0 Å². The summed E-state index contributed by atoms with van der Waals surface area (Å²) in [6, 6.07) is 5.51. The maximum atomic E-state index is 11.6. The molecule has 0 aliphatic rings. The second kappa shape index (κ2) is 5.57. The highest BCUT2D eigenvalue weighted by Crippen LogP contribution is 2.21. The van der Waals surface area contributed by atoms with Crippen LogP contribution in [0.3, 0.4) is 0 Å². The lowest BCUT2D eigenvalue weighted by atomic mass is 10.3. The van der Waals surface area contributed by atoms with Gasteiger partial charge in [0, 0.05) is 6.26 Å². The molecule has 0 saturated carbocycles. The van der Waals surface area contributed by atoms with Crippen molar-refractivity contribution >= 4 is 31.5 Å². The molecule has 1 aromatic rings. The predicted molar refractivity (Wildman–Crippen MR) is 69.2 cm³/mol. The van der Waals surface area contributed by atoms with E-state index in [4.69, 9.17) is 5.11 Å². The molecule has 0 aromatic heterocycles. The van der Waals surface area contributed by atoms with E-state index >= 15 is 0 Å². The van der Waals surface area contributed by atoms with Crippen LogP contribution in [0.15, 0.2) is 29.2 Å². The zero-order chi connectivity index (χ0) is 14.7. The van der Waals surface area contributed by atoms with E-state index in [1.165, 1.54) is 24.3 Å². The normalized spacial score (nSPS) is 12.1. The fourth-order valence-electron chi connectivity index (χ4n) is 1.31. The van der Waals surface area contributed by atoms with Crippen LogP contribution in [-0.2, 0) is 24.7 Å². The van der Waals surface area contributed by atoms with Crippen LogP contribution in [0.2, 0.25) is 0 Å². The molecule has 0 aliphatic heterocycles. The van der Waals surface area contributed by atoms with Crippen LogP contribution in [0.25, 0.3) is 0 Å². The molecule has 0 fully saturated rings. The van der Waals surface area contributed by atoms with Gasteiger partial charge < -0.3 is 5.11 Å². The number of carboxylic acids is 1. The van der Waals surface area contributed by atoms with Gasteiger partial charge in [-0.05, 0) is 12.1 Å². The lowest BCUT2D eigenvalue weighted by molar-refractivity contribution is -0.136. The van der Waals surface area contributed by atoms with Gasteiger partial charge in [-0.1, -0.05) is 12.1 Å². The van der Waals surface area contributed by atoms with Gasteiger partial charge >= 0.3 is 5.97 Å². The smallest absolute Gasteiger partial charge is 0.304 e. The maximum absolute atomic E-state index is 11.6. The molecule has 0 unspecified atom stereocenters. The minimum absolute atomic E-state index is 0.0876. The van der Waals surface area contributed by atoms with Crippen molar-refractivity contribution < 1.29 is 26.7 Å². The van der Waals surface area contributed by atoms with E-state index in [0.717, 1.165) is 6.26 Å². The third kappa shape index (κ3) is 4.87. The van der Waals surface area contributed by atoms with Crippen molar-refractivity contribution in [1.29, 1.82) is 0 Å². The molecule has 0 aliphatic carbocycles. The van der Waals surface area contributed by atoms with Crippen molar-refractivity contribution in [3.8, 4) is 0 Å². The molecule has 0 radical (unpaired) electrons. The SMILES string of the molecule is CS(=O)(=O)c1ccccc1NS(=O)(=O)CCC(=O)O. The number of benzene rings is 1. The van der Waals surface area contributed by atoms with Crippen LogP contribution in [0.1, 0.15) is 6.42 Å². The van der Waals surface area contributed by atoms with Gasteiger partial charge in [0.15, 0.2) is 9.84 Å². The average Bonchev–Trinajstić information content (AvgIpc) is 2.25. The number of carbonyl (C=O) groups is 1. The Balaban J connectivity index is 3.04. The van der Waals surface area contributed by atoms with Crippen molar-refractivity contribution in [2.24, 2.45) is 0 Å². The topological polar surface area (TPSA) is 118 Å². The van der Waals surface area contributed by atoms with Crippen LogP contribution in [0.5, 0.6) is 0 Å². The Morgan fingerprint density at radius 3 is 2.32 bits per heavy atom. The number of rotatable bonds is 6. The standard InChI is InChI=1S/C10H13NO6S2/c1-18(14,15)9-5-3-2-4-8(9)11-19(16,17)7-6-10(12)13/h2-5,11H,6-7H2,1H3,(H,12,13). The Labute approximate surface area is 111 Å². The quantitative estimate of drug-likeness (QED) is 0.780. The van der Waals surface area contributed by atoms with Crippen molar-refractivity contribution in [1.82, 2.24) is 0 Å². The molecular weight excluding hydrogens is 294 g/mol. The highest BCUT2D eigenvalue weighted by atomic mass is 32.2. The Kier molecular flexibility index (Phi) is 4.53. The monoisotopic (exact) mass is 307 g/mol. The first kappa shape index (κ1) is 15.4. The van der Waals surface area contributed by atoms with Gasteiger partial charge in [-0.25, -0.2) is 16.8 Å². The summed E-state index contributed by atoms with van der Waals surface area (Å²) >= 11 is 0. The van der Waals surface area contributed by atoms with E-state index in [2.05, 4.69) is 4.72 Å². The van der Waals surface area contributed by atoms with Gasteiger partial charge in [0.2, 0.25) is 10.0 Å². The number of nitrogens with one attached hydrogen (secondary N) is 1. The molecule has 0 atom stereocenters. The van der Waals surface area contributed by atoms with E-state index in [9.17, 15) is 21.6 Å². The number of anilines is 1. The molecule has 0 amide bonds. The Bertz CT molecular complexity index is 678. The first-order valence-corrected chi connectivity index (χ1v) is 8.67. The van der Waals surface area contributed by atoms with E-state index in [1.54, 1.807) is 0 Å². The summed E-state index contributed by atoms with van der Waals surface area (Å²) in [4.78, 5) is 10.2. The fraction of sp³-hybridized carbons (Fsp3) is 0.300. The number of carboxylic acid groups (broad SMARTS) is 1. The van der Waals surface area contributed by atoms with E-state index in [1.807, 2.05) is 0 Å². The number of aliphatic carboxylic acids is 1. The van der Waals surface area contributed by atoms with Gasteiger partial charge in [-0.3, -0.25) is 9.52 Å². The highest BCUT2D eigenvalue weighted by Gasteiger charge is 2.18. The fourth-order valence-corrected chi connectivity index (χ4v) is 3.28. The maximum Gasteiger partial charge on any atom is 0.304 e. The molecule has 1 aromatic carbocycles. The highest BCUT2D eigenvalue weighted by molar-refractivity contribution is 7.93. The Hall–Kier alpha value is -1.61. The number of sulfonamides is 1. The molecule has 0 spiro atoms. The van der Waals surface area contributed by atoms with Gasteiger partial charge in [0.1, 0.15) is 0 Å². The van der Waals surface area contributed by atoms with Crippen molar-refractivity contribution in [2.45, 2.75) is 11.3 Å². The summed E-state index contributed by atoms with van der Waals surface area (Å²) < 4.78 is 48.3.